The maximum atomic E-state index is 11.7. The van der Waals surface area contributed by atoms with E-state index in [2.05, 4.69) is 5.32 Å². The van der Waals surface area contributed by atoms with Crippen LogP contribution in [0.1, 0.15) is 11.1 Å². The van der Waals surface area contributed by atoms with Crippen molar-refractivity contribution in [2.45, 2.75) is 6.54 Å². The van der Waals surface area contributed by atoms with Gasteiger partial charge in [0.25, 0.3) is 5.91 Å². The highest BCUT2D eigenvalue weighted by molar-refractivity contribution is 5.77. The predicted octanol–water partition coefficient (Wildman–Crippen LogP) is 2.26. The molecule has 0 bridgehead atoms. The molecule has 0 aliphatic carbocycles. The number of nitriles is 1. The second-order valence-electron chi connectivity index (χ2n) is 4.55. The molecule has 0 heterocycles. The number of benzene rings is 2. The maximum absolute atomic E-state index is 11.7. The summed E-state index contributed by atoms with van der Waals surface area (Å²) in [5, 5.41) is 11.6. The zero-order chi connectivity index (χ0) is 15.8. The molecule has 0 spiro atoms. The summed E-state index contributed by atoms with van der Waals surface area (Å²) < 4.78 is 10.4. The van der Waals surface area contributed by atoms with E-state index >= 15 is 0 Å². The van der Waals surface area contributed by atoms with Crippen molar-refractivity contribution in [1.82, 2.24) is 5.32 Å². The van der Waals surface area contributed by atoms with Crippen molar-refractivity contribution in [2.24, 2.45) is 0 Å². The minimum Gasteiger partial charge on any atom is -0.497 e. The van der Waals surface area contributed by atoms with E-state index in [1.165, 1.54) is 0 Å². The molecule has 5 heteroatoms. The lowest BCUT2D eigenvalue weighted by atomic mass is 10.2. The molecule has 0 radical (unpaired) electrons. The van der Waals surface area contributed by atoms with Crippen molar-refractivity contribution in [2.75, 3.05) is 13.7 Å². The minimum atomic E-state index is -0.224. The monoisotopic (exact) mass is 296 g/mol. The zero-order valence-corrected chi connectivity index (χ0v) is 12.2. The van der Waals surface area contributed by atoms with Gasteiger partial charge in [-0.25, -0.2) is 0 Å². The fourth-order valence-electron chi connectivity index (χ4n) is 1.80. The van der Waals surface area contributed by atoms with Gasteiger partial charge >= 0.3 is 0 Å². The summed E-state index contributed by atoms with van der Waals surface area (Å²) in [4.78, 5) is 11.7. The van der Waals surface area contributed by atoms with Gasteiger partial charge in [-0.3, -0.25) is 4.79 Å². The summed E-state index contributed by atoms with van der Waals surface area (Å²) in [7, 11) is 1.61. The number of amides is 1. The van der Waals surface area contributed by atoms with Crippen LogP contribution in [0.3, 0.4) is 0 Å². The number of methoxy groups -OCH3 is 1. The molecule has 0 saturated heterocycles. The van der Waals surface area contributed by atoms with Gasteiger partial charge in [0.15, 0.2) is 6.61 Å². The summed E-state index contributed by atoms with van der Waals surface area (Å²) in [6.45, 7) is 0.329. The second-order valence-corrected chi connectivity index (χ2v) is 4.55. The highest BCUT2D eigenvalue weighted by Gasteiger charge is 2.04. The molecule has 1 amide bonds. The van der Waals surface area contributed by atoms with E-state index in [1.54, 1.807) is 31.4 Å². The van der Waals surface area contributed by atoms with Crippen molar-refractivity contribution >= 4 is 5.91 Å². The van der Waals surface area contributed by atoms with Crippen molar-refractivity contribution in [3.05, 3.63) is 59.7 Å². The number of carbonyl (C=O) groups is 1. The Labute approximate surface area is 129 Å². The Hall–Kier alpha value is -3.00. The summed E-state index contributed by atoms with van der Waals surface area (Å²) in [6, 6.07) is 16.2. The van der Waals surface area contributed by atoms with Gasteiger partial charge in [-0.1, -0.05) is 18.2 Å². The van der Waals surface area contributed by atoms with Crippen LogP contribution >= 0.6 is 0 Å². The first kappa shape index (κ1) is 15.4. The minimum absolute atomic E-state index is 0.0922. The van der Waals surface area contributed by atoms with E-state index in [0.29, 0.717) is 17.9 Å². The van der Waals surface area contributed by atoms with E-state index in [4.69, 9.17) is 14.7 Å². The van der Waals surface area contributed by atoms with Gasteiger partial charge in [-0.05, 0) is 35.9 Å². The quantitative estimate of drug-likeness (QED) is 0.887. The number of carbonyl (C=O) groups excluding carboxylic acids is 1. The number of hydrogen-bond donors (Lipinski definition) is 1. The molecule has 0 aliphatic rings. The van der Waals surface area contributed by atoms with Gasteiger partial charge in [-0.2, -0.15) is 5.26 Å². The van der Waals surface area contributed by atoms with E-state index < -0.39 is 0 Å². The molecule has 0 aromatic heterocycles. The average Bonchev–Trinajstić information content (AvgIpc) is 2.58. The number of rotatable bonds is 6. The van der Waals surface area contributed by atoms with Crippen LogP contribution in [0.2, 0.25) is 0 Å². The highest BCUT2D eigenvalue weighted by Crippen LogP contribution is 2.12. The Bertz CT molecular complexity index is 675. The molecule has 0 unspecified atom stereocenters. The van der Waals surface area contributed by atoms with Gasteiger partial charge in [0.2, 0.25) is 0 Å². The zero-order valence-electron chi connectivity index (χ0n) is 12.2. The van der Waals surface area contributed by atoms with Gasteiger partial charge in [0, 0.05) is 6.54 Å². The average molecular weight is 296 g/mol. The summed E-state index contributed by atoms with van der Waals surface area (Å²) in [5.41, 5.74) is 1.47. The Morgan fingerprint density at radius 3 is 2.64 bits per heavy atom. The molecule has 22 heavy (non-hydrogen) atoms. The predicted molar refractivity (Wildman–Crippen MR) is 81.5 cm³/mol. The van der Waals surface area contributed by atoms with Gasteiger partial charge in [0.1, 0.15) is 11.5 Å². The molecule has 1 N–H and O–H groups in total. The number of nitrogens with one attached hydrogen (secondary N) is 1. The Morgan fingerprint density at radius 1 is 1.18 bits per heavy atom. The Kier molecular flexibility index (Phi) is 5.38. The van der Waals surface area contributed by atoms with Crippen molar-refractivity contribution in [1.29, 1.82) is 5.26 Å². The first-order valence-corrected chi connectivity index (χ1v) is 6.74. The number of hydrogen-bond acceptors (Lipinski definition) is 4. The topological polar surface area (TPSA) is 71.3 Å². The molecule has 0 saturated carbocycles. The number of ether oxygens (including phenoxy) is 2. The summed E-state index contributed by atoms with van der Waals surface area (Å²) >= 11 is 0. The molecular formula is C17H16N2O3. The van der Waals surface area contributed by atoms with Crippen molar-refractivity contribution in [3.8, 4) is 17.6 Å². The van der Waals surface area contributed by atoms with Crippen LogP contribution in [0.4, 0.5) is 0 Å². The number of nitrogens with zero attached hydrogens (tertiary/aromatic N) is 1. The largest absolute Gasteiger partial charge is 0.497 e. The highest BCUT2D eigenvalue weighted by atomic mass is 16.5. The molecule has 2 aromatic rings. The maximum Gasteiger partial charge on any atom is 0.258 e. The van der Waals surface area contributed by atoms with Crippen LogP contribution in [0, 0.1) is 11.3 Å². The first-order valence-electron chi connectivity index (χ1n) is 6.74. The molecule has 0 fully saturated rings. The van der Waals surface area contributed by atoms with Crippen LogP contribution in [0.15, 0.2) is 48.5 Å². The molecule has 0 atom stereocenters. The third kappa shape index (κ3) is 4.53. The van der Waals surface area contributed by atoms with Gasteiger partial charge in [-0.15, -0.1) is 0 Å². The third-order valence-corrected chi connectivity index (χ3v) is 2.98. The molecule has 0 aliphatic heterocycles. The molecular weight excluding hydrogens is 280 g/mol. The third-order valence-electron chi connectivity index (χ3n) is 2.98. The smallest absolute Gasteiger partial charge is 0.258 e. The molecule has 2 aromatic carbocycles. The summed E-state index contributed by atoms with van der Waals surface area (Å²) in [5.74, 6) is 1.05. The first-order chi connectivity index (χ1) is 10.7. The fourth-order valence-corrected chi connectivity index (χ4v) is 1.80. The standard InChI is InChI=1S/C17H16N2O3/c1-21-15-7-5-13(6-8-15)11-19-17(20)12-22-16-4-2-3-14(9-16)10-18/h2-9H,11-12H2,1H3,(H,19,20). The van der Waals surface area contributed by atoms with Crippen LogP contribution in [0.5, 0.6) is 11.5 Å². The summed E-state index contributed by atoms with van der Waals surface area (Å²) in [6.07, 6.45) is 0. The van der Waals surface area contributed by atoms with Crippen molar-refractivity contribution in [3.63, 3.8) is 0 Å². The lowest BCUT2D eigenvalue weighted by Crippen LogP contribution is -2.28. The molecule has 2 rings (SSSR count). The van der Waals surface area contributed by atoms with Crippen LogP contribution in [-0.4, -0.2) is 19.6 Å². The van der Waals surface area contributed by atoms with Crippen LogP contribution < -0.4 is 14.8 Å². The van der Waals surface area contributed by atoms with E-state index in [1.807, 2.05) is 30.3 Å². The fraction of sp³-hybridized carbons (Fsp3) is 0.176. The Morgan fingerprint density at radius 2 is 1.95 bits per heavy atom. The SMILES string of the molecule is COc1ccc(CNC(=O)COc2cccc(C#N)c2)cc1. The van der Waals surface area contributed by atoms with E-state index in [-0.39, 0.29) is 12.5 Å². The Balaban J connectivity index is 1.79. The van der Waals surface area contributed by atoms with Crippen molar-refractivity contribution < 1.29 is 14.3 Å². The molecule has 5 nitrogen and oxygen atoms in total. The second kappa shape index (κ2) is 7.70. The lowest BCUT2D eigenvalue weighted by molar-refractivity contribution is -0.123. The van der Waals surface area contributed by atoms with Crippen LogP contribution in [-0.2, 0) is 11.3 Å². The lowest BCUT2D eigenvalue weighted by Gasteiger charge is -2.08. The van der Waals surface area contributed by atoms with Crippen LogP contribution in [0.25, 0.3) is 0 Å². The van der Waals surface area contributed by atoms with Gasteiger partial charge in [0.05, 0.1) is 18.7 Å². The van der Waals surface area contributed by atoms with Gasteiger partial charge < -0.3 is 14.8 Å². The normalized spacial score (nSPS) is 9.64. The van der Waals surface area contributed by atoms with E-state index in [9.17, 15) is 4.79 Å². The molecule has 112 valence electrons. The van der Waals surface area contributed by atoms with E-state index in [0.717, 1.165) is 11.3 Å².